The maximum absolute atomic E-state index is 12.3. The third kappa shape index (κ3) is 3.24. The lowest BCUT2D eigenvalue weighted by Crippen LogP contribution is -2.58. The van der Waals surface area contributed by atoms with E-state index in [-0.39, 0.29) is 0 Å². The van der Waals surface area contributed by atoms with Gasteiger partial charge in [0.1, 0.15) is 12.2 Å². The summed E-state index contributed by atoms with van der Waals surface area (Å²) in [5, 5.41) is 19.7. The highest BCUT2D eigenvalue weighted by Gasteiger charge is 2.55. The smallest absolute Gasteiger partial charge is 0.338 e. The Bertz CT molecular complexity index is 559. The standard InChI is InChI=1S/C16H20O7/c1-16(2)22-13-12(11(18)10(8-17)20-15(13)23-16)21-14(19)9-6-4-3-5-7-9/h3-7,10-13,15,17-18H,8H2,1-2H3/t10-,11+,12+,13-,15+/m1/s1. The van der Waals surface area contributed by atoms with Crippen LogP contribution in [0.25, 0.3) is 0 Å². The van der Waals surface area contributed by atoms with E-state index in [2.05, 4.69) is 0 Å². The Morgan fingerprint density at radius 3 is 2.61 bits per heavy atom. The Labute approximate surface area is 133 Å². The number of esters is 1. The molecule has 0 spiro atoms. The molecule has 7 heteroatoms. The molecule has 0 amide bonds. The van der Waals surface area contributed by atoms with Gasteiger partial charge in [0.25, 0.3) is 0 Å². The van der Waals surface area contributed by atoms with Crippen LogP contribution in [0.5, 0.6) is 0 Å². The van der Waals surface area contributed by atoms with E-state index in [0.717, 1.165) is 0 Å². The van der Waals surface area contributed by atoms with Crippen LogP contribution < -0.4 is 0 Å². The van der Waals surface area contributed by atoms with Gasteiger partial charge in [-0.15, -0.1) is 0 Å². The zero-order valence-electron chi connectivity index (χ0n) is 12.9. The molecule has 2 heterocycles. The fraction of sp³-hybridized carbons (Fsp3) is 0.562. The number of hydrogen-bond acceptors (Lipinski definition) is 7. The van der Waals surface area contributed by atoms with E-state index in [9.17, 15) is 15.0 Å². The summed E-state index contributed by atoms with van der Waals surface area (Å²) in [7, 11) is 0. The number of fused-ring (bicyclic) bond motifs is 1. The minimum Gasteiger partial charge on any atom is -0.453 e. The number of benzene rings is 1. The minimum absolute atomic E-state index is 0.362. The largest absolute Gasteiger partial charge is 0.453 e. The number of carbonyl (C=O) groups is 1. The molecule has 23 heavy (non-hydrogen) atoms. The predicted molar refractivity (Wildman–Crippen MR) is 77.4 cm³/mol. The lowest BCUT2D eigenvalue weighted by Gasteiger charge is -2.39. The average Bonchev–Trinajstić information content (AvgIpc) is 2.84. The van der Waals surface area contributed by atoms with E-state index in [1.165, 1.54) is 0 Å². The quantitative estimate of drug-likeness (QED) is 0.779. The predicted octanol–water partition coefficient (Wildman–Crippen LogP) is 0.442. The third-order valence-corrected chi connectivity index (χ3v) is 3.87. The van der Waals surface area contributed by atoms with E-state index >= 15 is 0 Å². The Morgan fingerprint density at radius 2 is 1.96 bits per heavy atom. The fourth-order valence-electron chi connectivity index (χ4n) is 2.80. The summed E-state index contributed by atoms with van der Waals surface area (Å²) in [6.07, 6.45) is -4.72. The van der Waals surface area contributed by atoms with Gasteiger partial charge in [-0.25, -0.2) is 4.79 Å². The van der Waals surface area contributed by atoms with E-state index < -0.39 is 49.1 Å². The molecule has 1 aromatic carbocycles. The zero-order valence-corrected chi connectivity index (χ0v) is 12.9. The highest BCUT2D eigenvalue weighted by Crippen LogP contribution is 2.37. The highest BCUT2D eigenvalue weighted by molar-refractivity contribution is 5.89. The van der Waals surface area contributed by atoms with Gasteiger partial charge in [-0.05, 0) is 26.0 Å². The number of hydrogen-bond donors (Lipinski definition) is 2. The molecule has 0 radical (unpaired) electrons. The molecule has 126 valence electrons. The summed E-state index contributed by atoms with van der Waals surface area (Å²) in [5.74, 6) is -1.52. The highest BCUT2D eigenvalue weighted by atomic mass is 16.8. The first-order valence-electron chi connectivity index (χ1n) is 7.47. The van der Waals surface area contributed by atoms with Crippen LogP contribution >= 0.6 is 0 Å². The molecule has 0 aromatic heterocycles. The summed E-state index contributed by atoms with van der Waals surface area (Å²) in [6, 6.07) is 8.45. The summed E-state index contributed by atoms with van der Waals surface area (Å²) in [6.45, 7) is 2.98. The van der Waals surface area contributed by atoms with Crippen molar-refractivity contribution in [3.8, 4) is 0 Å². The van der Waals surface area contributed by atoms with Gasteiger partial charge < -0.3 is 29.2 Å². The van der Waals surface area contributed by atoms with Crippen LogP contribution in [0.4, 0.5) is 0 Å². The van der Waals surface area contributed by atoms with Crippen LogP contribution in [0, 0.1) is 0 Å². The number of rotatable bonds is 3. The summed E-state index contributed by atoms with van der Waals surface area (Å²) < 4.78 is 22.2. The van der Waals surface area contributed by atoms with Gasteiger partial charge in [0.15, 0.2) is 24.3 Å². The van der Waals surface area contributed by atoms with E-state index in [0.29, 0.717) is 5.56 Å². The first kappa shape index (κ1) is 16.4. The molecule has 2 aliphatic rings. The molecule has 0 saturated carbocycles. The number of carbonyl (C=O) groups excluding carboxylic acids is 1. The Balaban J connectivity index is 1.81. The molecule has 2 N–H and O–H groups in total. The molecule has 2 aliphatic heterocycles. The molecule has 5 atom stereocenters. The topological polar surface area (TPSA) is 94.5 Å². The van der Waals surface area contributed by atoms with Gasteiger partial charge in [0.2, 0.25) is 0 Å². The van der Waals surface area contributed by atoms with Gasteiger partial charge in [0.05, 0.1) is 12.2 Å². The minimum atomic E-state index is -1.22. The van der Waals surface area contributed by atoms with Crippen LogP contribution in [0.15, 0.2) is 30.3 Å². The Hall–Kier alpha value is -1.51. The van der Waals surface area contributed by atoms with Crippen molar-refractivity contribution in [1.29, 1.82) is 0 Å². The molecular weight excluding hydrogens is 304 g/mol. The molecule has 7 nitrogen and oxygen atoms in total. The Kier molecular flexibility index (Phi) is 4.39. The molecule has 0 bridgehead atoms. The monoisotopic (exact) mass is 324 g/mol. The number of aliphatic hydroxyl groups excluding tert-OH is 2. The van der Waals surface area contributed by atoms with E-state index in [1.807, 2.05) is 0 Å². The van der Waals surface area contributed by atoms with Crippen LogP contribution in [-0.2, 0) is 18.9 Å². The molecule has 2 saturated heterocycles. The van der Waals surface area contributed by atoms with Gasteiger partial charge in [-0.2, -0.15) is 0 Å². The van der Waals surface area contributed by atoms with Crippen molar-refractivity contribution in [2.24, 2.45) is 0 Å². The van der Waals surface area contributed by atoms with Crippen molar-refractivity contribution in [2.75, 3.05) is 6.61 Å². The summed E-state index contributed by atoms with van der Waals surface area (Å²) in [4.78, 5) is 12.3. The zero-order chi connectivity index (χ0) is 16.6. The van der Waals surface area contributed by atoms with Gasteiger partial charge in [-0.3, -0.25) is 0 Å². The second-order valence-corrected chi connectivity index (χ2v) is 6.05. The number of aliphatic hydroxyl groups is 2. The van der Waals surface area contributed by atoms with Crippen molar-refractivity contribution in [3.63, 3.8) is 0 Å². The van der Waals surface area contributed by atoms with Crippen molar-refractivity contribution >= 4 is 5.97 Å². The first-order valence-corrected chi connectivity index (χ1v) is 7.47. The third-order valence-electron chi connectivity index (χ3n) is 3.87. The molecule has 2 fully saturated rings. The van der Waals surface area contributed by atoms with Crippen molar-refractivity contribution < 1.29 is 34.0 Å². The maximum atomic E-state index is 12.3. The summed E-state index contributed by atoms with van der Waals surface area (Å²) >= 11 is 0. The van der Waals surface area contributed by atoms with Crippen molar-refractivity contribution in [3.05, 3.63) is 35.9 Å². The Morgan fingerprint density at radius 1 is 1.26 bits per heavy atom. The molecule has 0 unspecified atom stereocenters. The van der Waals surface area contributed by atoms with Gasteiger partial charge >= 0.3 is 5.97 Å². The van der Waals surface area contributed by atoms with Crippen LogP contribution in [0.2, 0.25) is 0 Å². The lowest BCUT2D eigenvalue weighted by atomic mass is 9.99. The van der Waals surface area contributed by atoms with E-state index in [4.69, 9.17) is 18.9 Å². The second-order valence-electron chi connectivity index (χ2n) is 6.05. The van der Waals surface area contributed by atoms with Gasteiger partial charge in [0, 0.05) is 0 Å². The average molecular weight is 324 g/mol. The van der Waals surface area contributed by atoms with Crippen LogP contribution in [-0.4, -0.2) is 59.3 Å². The van der Waals surface area contributed by atoms with Crippen LogP contribution in [0.3, 0.4) is 0 Å². The second kappa shape index (κ2) is 6.18. The van der Waals surface area contributed by atoms with Crippen molar-refractivity contribution in [1.82, 2.24) is 0 Å². The molecule has 3 rings (SSSR count). The lowest BCUT2D eigenvalue weighted by molar-refractivity contribution is -0.256. The molecule has 0 aliphatic carbocycles. The van der Waals surface area contributed by atoms with E-state index in [1.54, 1.807) is 44.2 Å². The van der Waals surface area contributed by atoms with Crippen molar-refractivity contribution in [2.45, 2.75) is 50.3 Å². The summed E-state index contributed by atoms with van der Waals surface area (Å²) in [5.41, 5.74) is 0.362. The van der Waals surface area contributed by atoms with Gasteiger partial charge in [-0.1, -0.05) is 18.2 Å². The first-order chi connectivity index (χ1) is 10.9. The SMILES string of the molecule is CC1(C)O[C@@H]2O[C@H](CO)[C@H](O)[C@H](OC(=O)c3ccccc3)[C@H]2O1. The molecular formula is C16H20O7. The molecule has 1 aromatic rings. The van der Waals surface area contributed by atoms with Crippen LogP contribution in [0.1, 0.15) is 24.2 Å². The fourth-order valence-corrected chi connectivity index (χ4v) is 2.80. The normalized spacial score (nSPS) is 35.6. The maximum Gasteiger partial charge on any atom is 0.338 e. The number of ether oxygens (including phenoxy) is 4.